The largest absolute Gasteiger partial charge is 0.321 e. The van der Waals surface area contributed by atoms with Gasteiger partial charge in [-0.15, -0.1) is 0 Å². The highest BCUT2D eigenvalue weighted by atomic mass is 31.2. The van der Waals surface area contributed by atoms with E-state index in [1.807, 2.05) is 20.8 Å². The van der Waals surface area contributed by atoms with Crippen LogP contribution >= 0.6 is 8.53 Å². The molecule has 0 bridgehead atoms. The van der Waals surface area contributed by atoms with Gasteiger partial charge in [0, 0.05) is 37.3 Å². The van der Waals surface area contributed by atoms with Gasteiger partial charge >= 0.3 is 0 Å². The van der Waals surface area contributed by atoms with E-state index in [9.17, 15) is 9.59 Å². The third-order valence-corrected chi connectivity index (χ3v) is 6.58. The second-order valence-electron chi connectivity index (χ2n) is 7.88. The van der Waals surface area contributed by atoms with Crippen molar-refractivity contribution in [2.24, 2.45) is 5.92 Å². The highest BCUT2D eigenvalue weighted by molar-refractivity contribution is 7.44. The Morgan fingerprint density at radius 1 is 1.04 bits per heavy atom. The van der Waals surface area contributed by atoms with Crippen LogP contribution in [-0.2, 0) is 18.6 Å². The molecule has 0 saturated carbocycles. The average molecular weight is 415 g/mol. The molecule has 0 aromatic carbocycles. The van der Waals surface area contributed by atoms with E-state index in [1.165, 1.54) is 0 Å². The summed E-state index contributed by atoms with van der Waals surface area (Å²) < 4.78 is 14.4. The van der Waals surface area contributed by atoms with Gasteiger partial charge in [0.05, 0.1) is 25.2 Å². The summed E-state index contributed by atoms with van der Waals surface area (Å²) in [6.45, 7) is 14.5. The second-order valence-corrected chi connectivity index (χ2v) is 9.29. The van der Waals surface area contributed by atoms with E-state index < -0.39 is 8.53 Å². The zero-order chi connectivity index (χ0) is 21.7. The average Bonchev–Trinajstić information content (AvgIpc) is 2.62. The Bertz CT molecular complexity index is 495. The van der Waals surface area contributed by atoms with Crippen molar-refractivity contribution in [3.8, 4) is 6.07 Å². The van der Waals surface area contributed by atoms with Crippen molar-refractivity contribution in [3.05, 3.63) is 0 Å². The number of hydrogen-bond donors (Lipinski definition) is 0. The van der Waals surface area contributed by atoms with Gasteiger partial charge in [-0.05, 0) is 40.5 Å². The van der Waals surface area contributed by atoms with Crippen LogP contribution in [0.5, 0.6) is 0 Å². The summed E-state index contributed by atoms with van der Waals surface area (Å²) in [5.74, 6) is 0.220. The molecule has 0 aliphatic carbocycles. The van der Waals surface area contributed by atoms with E-state index >= 15 is 0 Å². The number of nitrogens with zero attached hydrogens (tertiary/aromatic N) is 2. The molecule has 0 aliphatic heterocycles. The maximum absolute atomic E-state index is 12.2. The van der Waals surface area contributed by atoms with Crippen LogP contribution in [0.3, 0.4) is 0 Å². The van der Waals surface area contributed by atoms with Crippen molar-refractivity contribution in [1.82, 2.24) is 4.67 Å². The minimum Gasteiger partial charge on any atom is -0.321 e. The van der Waals surface area contributed by atoms with Gasteiger partial charge in [0.15, 0.2) is 0 Å². The van der Waals surface area contributed by atoms with Gasteiger partial charge < -0.3 is 9.05 Å². The molecule has 2 atom stereocenters. The van der Waals surface area contributed by atoms with Crippen LogP contribution in [-0.4, -0.2) is 41.0 Å². The molecule has 0 saturated heterocycles. The van der Waals surface area contributed by atoms with E-state index in [0.29, 0.717) is 38.7 Å². The van der Waals surface area contributed by atoms with E-state index in [2.05, 4.69) is 38.4 Å². The molecule has 0 aromatic heterocycles. The molecular formula is C21H39N2O4P. The Kier molecular flexibility index (Phi) is 14.6. The minimum absolute atomic E-state index is 0.0216. The smallest absolute Gasteiger partial charge is 0.259 e. The van der Waals surface area contributed by atoms with Gasteiger partial charge in [-0.3, -0.25) is 9.59 Å². The van der Waals surface area contributed by atoms with Crippen molar-refractivity contribution in [3.63, 3.8) is 0 Å². The Balaban J connectivity index is 4.80. The molecule has 0 rings (SSSR count). The lowest BCUT2D eigenvalue weighted by molar-refractivity contribution is -0.126. The van der Waals surface area contributed by atoms with Crippen LogP contribution in [0, 0.1) is 17.2 Å². The van der Waals surface area contributed by atoms with E-state index in [-0.39, 0.29) is 35.7 Å². The number of Topliss-reactive ketones (excluding diaryl/α,β-unsaturated/α-hetero) is 2. The SMILES string of the molecule is CCC(CCC(=O)CCC(=O)C(C)C)OP(OCCC#N)N(C(C)C)C(C)C. The van der Waals surface area contributed by atoms with Crippen molar-refractivity contribution in [2.75, 3.05) is 6.61 Å². The number of nitriles is 1. The summed E-state index contributed by atoms with van der Waals surface area (Å²) in [7, 11) is -1.30. The van der Waals surface area contributed by atoms with Gasteiger partial charge in [-0.1, -0.05) is 20.8 Å². The quantitative estimate of drug-likeness (QED) is 0.248. The van der Waals surface area contributed by atoms with Gasteiger partial charge in [0.25, 0.3) is 8.53 Å². The second kappa shape index (κ2) is 15.0. The lowest BCUT2D eigenvalue weighted by Crippen LogP contribution is -2.34. The normalized spacial score (nSPS) is 13.9. The van der Waals surface area contributed by atoms with E-state index in [4.69, 9.17) is 14.3 Å². The molecule has 0 N–H and O–H groups in total. The summed E-state index contributed by atoms with van der Waals surface area (Å²) in [5, 5.41) is 8.79. The van der Waals surface area contributed by atoms with Gasteiger partial charge in [0.1, 0.15) is 11.6 Å². The topological polar surface area (TPSA) is 79.6 Å². The predicted octanol–water partition coefficient (Wildman–Crippen LogP) is 5.41. The molecule has 7 heteroatoms. The zero-order valence-corrected chi connectivity index (χ0v) is 19.6. The molecule has 0 aliphatic rings. The number of carbonyl (C=O) groups excluding carboxylic acids is 2. The van der Waals surface area contributed by atoms with Crippen LogP contribution in [0.2, 0.25) is 0 Å². The predicted molar refractivity (Wildman–Crippen MR) is 114 cm³/mol. The van der Waals surface area contributed by atoms with Gasteiger partial charge in [-0.25, -0.2) is 4.67 Å². The molecule has 0 aromatic rings. The number of rotatable bonds is 16. The summed E-state index contributed by atoms with van der Waals surface area (Å²) >= 11 is 0. The Morgan fingerprint density at radius 3 is 2.11 bits per heavy atom. The van der Waals surface area contributed by atoms with Gasteiger partial charge in [0.2, 0.25) is 0 Å². The maximum atomic E-state index is 12.2. The zero-order valence-electron chi connectivity index (χ0n) is 18.7. The van der Waals surface area contributed by atoms with Crippen LogP contribution in [0.4, 0.5) is 0 Å². The van der Waals surface area contributed by atoms with E-state index in [0.717, 1.165) is 6.42 Å². The van der Waals surface area contributed by atoms with Crippen LogP contribution in [0.25, 0.3) is 0 Å². The van der Waals surface area contributed by atoms with Crippen LogP contribution in [0.1, 0.15) is 87.0 Å². The molecule has 6 nitrogen and oxygen atoms in total. The summed E-state index contributed by atoms with van der Waals surface area (Å²) in [6, 6.07) is 2.59. The molecule has 0 fully saturated rings. The highest BCUT2D eigenvalue weighted by Crippen LogP contribution is 2.47. The highest BCUT2D eigenvalue weighted by Gasteiger charge is 2.29. The minimum atomic E-state index is -1.30. The first-order valence-corrected chi connectivity index (χ1v) is 11.6. The molecule has 2 unspecified atom stereocenters. The fourth-order valence-electron chi connectivity index (χ4n) is 2.75. The first-order valence-electron chi connectivity index (χ1n) is 10.4. The number of ketones is 2. The molecule has 0 spiro atoms. The van der Waals surface area contributed by atoms with Crippen molar-refractivity contribution in [2.45, 2.75) is 105 Å². The van der Waals surface area contributed by atoms with Crippen LogP contribution in [0.15, 0.2) is 0 Å². The lowest BCUT2D eigenvalue weighted by Gasteiger charge is -2.37. The Morgan fingerprint density at radius 2 is 1.64 bits per heavy atom. The van der Waals surface area contributed by atoms with Crippen molar-refractivity contribution < 1.29 is 18.6 Å². The van der Waals surface area contributed by atoms with Crippen molar-refractivity contribution in [1.29, 1.82) is 5.26 Å². The van der Waals surface area contributed by atoms with Gasteiger partial charge in [-0.2, -0.15) is 5.26 Å². The first kappa shape index (κ1) is 27.1. The number of carbonyl (C=O) groups is 2. The molecule has 0 amide bonds. The molecular weight excluding hydrogens is 375 g/mol. The summed E-state index contributed by atoms with van der Waals surface area (Å²) in [4.78, 5) is 23.9. The summed E-state index contributed by atoms with van der Waals surface area (Å²) in [5.41, 5.74) is 0. The Labute approximate surface area is 172 Å². The summed E-state index contributed by atoms with van der Waals surface area (Å²) in [6.07, 6.45) is 2.69. The molecule has 162 valence electrons. The fourth-order valence-corrected chi connectivity index (χ4v) is 4.57. The van der Waals surface area contributed by atoms with Crippen LogP contribution < -0.4 is 0 Å². The fraction of sp³-hybridized carbons (Fsp3) is 0.857. The third-order valence-electron chi connectivity index (χ3n) is 4.40. The number of hydrogen-bond acceptors (Lipinski definition) is 6. The third kappa shape index (κ3) is 11.2. The van der Waals surface area contributed by atoms with E-state index in [1.54, 1.807) is 0 Å². The standard InChI is InChI=1S/C21H39N2O4P/c1-8-20(12-10-19(24)11-13-21(25)16(2)3)27-28(26-15-9-14-22)23(17(4)5)18(6)7/h16-18,20H,8-13,15H2,1-7H3. The molecule has 28 heavy (non-hydrogen) atoms. The molecule has 0 radical (unpaired) electrons. The maximum Gasteiger partial charge on any atom is 0.259 e. The monoisotopic (exact) mass is 414 g/mol. The Hall–Kier alpha value is -0.860. The molecule has 0 heterocycles. The lowest BCUT2D eigenvalue weighted by atomic mass is 10.0. The van der Waals surface area contributed by atoms with Crippen molar-refractivity contribution >= 4 is 20.1 Å². The first-order chi connectivity index (χ1) is 13.1.